The molecule has 0 saturated heterocycles. The first-order chi connectivity index (χ1) is 15.1. The maximum absolute atomic E-state index is 13.3. The minimum atomic E-state index is -0.879. The van der Waals surface area contributed by atoms with E-state index in [4.69, 9.17) is 23.7 Å². The Morgan fingerprint density at radius 2 is 1.34 bits per heavy atom. The second kappa shape index (κ2) is 10.4. The molecule has 0 N–H and O–H groups in total. The quantitative estimate of drug-likeness (QED) is 0.459. The Bertz CT molecular complexity index is 951. The number of hydrogen-bond acceptors (Lipinski definition) is 7. The van der Waals surface area contributed by atoms with Gasteiger partial charge in [0.05, 0.1) is 33.9 Å². The maximum Gasteiger partial charge on any atom is 0.203 e. The summed E-state index contributed by atoms with van der Waals surface area (Å²) in [6.45, 7) is 7.34. The Kier molecular flexibility index (Phi) is 8.14. The van der Waals surface area contributed by atoms with Crippen molar-refractivity contribution in [1.82, 2.24) is 0 Å². The summed E-state index contributed by atoms with van der Waals surface area (Å²) in [7, 11) is 6.03. The number of carbonyl (C=O) groups is 2. The van der Waals surface area contributed by atoms with Crippen LogP contribution in [0.4, 0.5) is 0 Å². The van der Waals surface area contributed by atoms with Gasteiger partial charge < -0.3 is 23.7 Å². The van der Waals surface area contributed by atoms with Crippen LogP contribution in [0.15, 0.2) is 30.3 Å². The molecule has 0 atom stereocenters. The Morgan fingerprint density at radius 1 is 0.781 bits per heavy atom. The molecule has 0 unspecified atom stereocenters. The van der Waals surface area contributed by atoms with E-state index in [1.165, 1.54) is 28.4 Å². The summed E-state index contributed by atoms with van der Waals surface area (Å²) in [4.78, 5) is 25.7. The summed E-state index contributed by atoms with van der Waals surface area (Å²) in [6, 6.07) is 8.29. The number of rotatable bonds is 11. The van der Waals surface area contributed by atoms with Crippen molar-refractivity contribution >= 4 is 11.6 Å². The van der Waals surface area contributed by atoms with Gasteiger partial charge in [0.15, 0.2) is 23.1 Å². The van der Waals surface area contributed by atoms with Crippen LogP contribution in [0.5, 0.6) is 28.7 Å². The van der Waals surface area contributed by atoms with Crippen molar-refractivity contribution in [3.8, 4) is 28.7 Å². The summed E-state index contributed by atoms with van der Waals surface area (Å²) in [6.07, 6.45) is 0. The zero-order valence-corrected chi connectivity index (χ0v) is 20.0. The molecule has 0 aromatic heterocycles. The summed E-state index contributed by atoms with van der Waals surface area (Å²) in [5.74, 6) is 1.86. The number of methoxy groups -OCH3 is 4. The van der Waals surface area contributed by atoms with Crippen molar-refractivity contribution in [2.75, 3.05) is 35.0 Å². The summed E-state index contributed by atoms with van der Waals surface area (Å²) in [5.41, 5.74) is 0.0353. The molecule has 0 aliphatic heterocycles. The lowest BCUT2D eigenvalue weighted by Crippen LogP contribution is -2.31. The summed E-state index contributed by atoms with van der Waals surface area (Å²) < 4.78 is 27.3. The van der Waals surface area contributed by atoms with E-state index >= 15 is 0 Å². The van der Waals surface area contributed by atoms with Gasteiger partial charge in [0.1, 0.15) is 18.1 Å². The molecule has 0 heterocycles. The molecule has 174 valence electrons. The van der Waals surface area contributed by atoms with Gasteiger partial charge in [-0.2, -0.15) is 0 Å². The number of Topliss-reactive ketones (excluding diaryl/α,β-unsaturated/α-hetero) is 2. The Balaban J connectivity index is 2.30. The van der Waals surface area contributed by atoms with Crippen molar-refractivity contribution in [3.63, 3.8) is 0 Å². The highest BCUT2D eigenvalue weighted by molar-refractivity contribution is 6.01. The van der Waals surface area contributed by atoms with Crippen LogP contribution in [0.3, 0.4) is 0 Å². The van der Waals surface area contributed by atoms with Crippen LogP contribution >= 0.6 is 0 Å². The molecule has 2 aromatic rings. The Hall–Kier alpha value is -3.22. The lowest BCUT2D eigenvalue weighted by molar-refractivity contribution is 0.0749. The third-order valence-corrected chi connectivity index (χ3v) is 5.07. The minimum absolute atomic E-state index is 0.0125. The molecule has 0 fully saturated rings. The van der Waals surface area contributed by atoms with Crippen LogP contribution < -0.4 is 23.7 Å². The van der Waals surface area contributed by atoms with Gasteiger partial charge in [-0.15, -0.1) is 0 Å². The number of ketones is 2. The first-order valence-corrected chi connectivity index (χ1v) is 10.3. The van der Waals surface area contributed by atoms with Gasteiger partial charge in [-0.05, 0) is 38.1 Å². The topological polar surface area (TPSA) is 80.3 Å². The first kappa shape index (κ1) is 25.0. The average Bonchev–Trinajstić information content (AvgIpc) is 2.80. The second-order valence-corrected chi connectivity index (χ2v) is 8.33. The van der Waals surface area contributed by atoms with E-state index in [0.717, 1.165) is 0 Å². The molecule has 2 rings (SSSR count). The van der Waals surface area contributed by atoms with Crippen molar-refractivity contribution in [1.29, 1.82) is 0 Å². The van der Waals surface area contributed by atoms with Gasteiger partial charge in [0.25, 0.3) is 0 Å². The average molecular weight is 445 g/mol. The lowest BCUT2D eigenvalue weighted by Gasteiger charge is -2.24. The molecule has 2 aromatic carbocycles. The van der Waals surface area contributed by atoms with Gasteiger partial charge in [0, 0.05) is 23.1 Å². The fourth-order valence-corrected chi connectivity index (χ4v) is 3.18. The smallest absolute Gasteiger partial charge is 0.203 e. The molecule has 7 nitrogen and oxygen atoms in total. The predicted molar refractivity (Wildman–Crippen MR) is 122 cm³/mol. The second-order valence-electron chi connectivity index (χ2n) is 8.33. The number of benzene rings is 2. The maximum atomic E-state index is 13.3. The van der Waals surface area contributed by atoms with E-state index in [2.05, 4.69) is 0 Å². The Morgan fingerprint density at radius 3 is 1.81 bits per heavy atom. The van der Waals surface area contributed by atoms with Gasteiger partial charge >= 0.3 is 0 Å². The van der Waals surface area contributed by atoms with E-state index in [1.54, 1.807) is 44.2 Å². The zero-order chi connectivity index (χ0) is 24.1. The SMILES string of the molecule is COc1cc(OCC(C)(C)C(=O)c2cc(OC)c(OC)c(OC)c2)cc(C(=O)C(C)C)c1. The van der Waals surface area contributed by atoms with E-state index in [-0.39, 0.29) is 24.1 Å². The summed E-state index contributed by atoms with van der Waals surface area (Å²) >= 11 is 0. The van der Waals surface area contributed by atoms with E-state index in [1.807, 2.05) is 13.8 Å². The normalized spacial score (nSPS) is 11.2. The van der Waals surface area contributed by atoms with Gasteiger partial charge in [-0.3, -0.25) is 9.59 Å². The van der Waals surface area contributed by atoms with Gasteiger partial charge in [0.2, 0.25) is 5.75 Å². The van der Waals surface area contributed by atoms with Crippen LogP contribution in [-0.2, 0) is 0 Å². The predicted octanol–water partition coefficient (Wildman–Crippen LogP) is 4.85. The highest BCUT2D eigenvalue weighted by Gasteiger charge is 2.31. The standard InChI is InChI=1S/C25H32O7/c1-15(2)22(26)16-9-18(28-5)13-19(10-16)32-14-25(3,4)24(27)17-11-20(29-6)23(31-8)21(12-17)30-7/h9-13,15H,14H2,1-8H3. The fraction of sp³-hybridized carbons (Fsp3) is 0.440. The molecule has 7 heteroatoms. The molecule has 0 radical (unpaired) electrons. The largest absolute Gasteiger partial charge is 0.497 e. The van der Waals surface area contributed by atoms with Crippen molar-refractivity contribution in [3.05, 3.63) is 41.5 Å². The summed E-state index contributed by atoms with van der Waals surface area (Å²) in [5, 5.41) is 0. The fourth-order valence-electron chi connectivity index (χ4n) is 3.18. The van der Waals surface area contributed by atoms with Crippen LogP contribution in [0.2, 0.25) is 0 Å². The molecule has 0 amide bonds. The molecule has 0 bridgehead atoms. The molecule has 0 aliphatic carbocycles. The van der Waals surface area contributed by atoms with E-state index < -0.39 is 5.41 Å². The van der Waals surface area contributed by atoms with Crippen molar-refractivity contribution < 1.29 is 33.3 Å². The van der Waals surface area contributed by atoms with Crippen LogP contribution in [0.1, 0.15) is 48.4 Å². The molecule has 0 aliphatic rings. The molecule has 32 heavy (non-hydrogen) atoms. The highest BCUT2D eigenvalue weighted by atomic mass is 16.5. The molecule has 0 saturated carbocycles. The highest BCUT2D eigenvalue weighted by Crippen LogP contribution is 2.39. The third kappa shape index (κ3) is 5.52. The minimum Gasteiger partial charge on any atom is -0.497 e. The van der Waals surface area contributed by atoms with Crippen molar-refractivity contribution in [2.24, 2.45) is 11.3 Å². The van der Waals surface area contributed by atoms with Crippen molar-refractivity contribution in [2.45, 2.75) is 27.7 Å². The van der Waals surface area contributed by atoms with Crippen LogP contribution in [-0.4, -0.2) is 46.6 Å². The lowest BCUT2D eigenvalue weighted by atomic mass is 9.85. The van der Waals surface area contributed by atoms with E-state index in [9.17, 15) is 9.59 Å². The number of carbonyl (C=O) groups excluding carboxylic acids is 2. The van der Waals surface area contributed by atoms with Gasteiger partial charge in [-0.1, -0.05) is 13.8 Å². The third-order valence-electron chi connectivity index (χ3n) is 5.07. The number of ether oxygens (including phenoxy) is 5. The van der Waals surface area contributed by atoms with E-state index in [0.29, 0.717) is 39.9 Å². The molecular weight excluding hydrogens is 412 g/mol. The first-order valence-electron chi connectivity index (χ1n) is 10.3. The van der Waals surface area contributed by atoms with Gasteiger partial charge in [-0.25, -0.2) is 0 Å². The van der Waals surface area contributed by atoms with Crippen LogP contribution in [0.25, 0.3) is 0 Å². The monoisotopic (exact) mass is 444 g/mol. The zero-order valence-electron chi connectivity index (χ0n) is 20.0. The number of hydrogen-bond donors (Lipinski definition) is 0. The molecular formula is C25H32O7. The van der Waals surface area contributed by atoms with Crippen LogP contribution in [0, 0.1) is 11.3 Å². The Labute approximate surface area is 189 Å². The molecule has 0 spiro atoms.